The molecule has 2 rings (SSSR count). The van der Waals surface area contributed by atoms with Crippen molar-refractivity contribution in [3.8, 4) is 0 Å². The van der Waals surface area contributed by atoms with Crippen molar-refractivity contribution < 1.29 is 14.3 Å². The second-order valence-electron chi connectivity index (χ2n) is 4.20. The largest absolute Gasteiger partial charge is 0.459 e. The lowest BCUT2D eigenvalue weighted by molar-refractivity contribution is 0.0161. The topological polar surface area (TPSA) is 35.5 Å². The second-order valence-corrected chi connectivity index (χ2v) is 5.05. The van der Waals surface area contributed by atoms with E-state index in [2.05, 4.69) is 15.9 Å². The lowest BCUT2D eigenvalue weighted by atomic mass is 10.1. The Balaban J connectivity index is 1.92. The molecule has 0 amide bonds. The predicted octanol–water partition coefficient (Wildman–Crippen LogP) is 3.09. The molecule has 4 heteroatoms. The van der Waals surface area contributed by atoms with Gasteiger partial charge in [0.2, 0.25) is 0 Å². The van der Waals surface area contributed by atoms with Crippen LogP contribution in [0.15, 0.2) is 22.7 Å². The third-order valence-electron chi connectivity index (χ3n) is 2.83. The Morgan fingerprint density at radius 2 is 2.41 bits per heavy atom. The van der Waals surface area contributed by atoms with Gasteiger partial charge >= 0.3 is 5.97 Å². The number of benzene rings is 1. The summed E-state index contributed by atoms with van der Waals surface area (Å²) in [6, 6.07) is 5.46. The second kappa shape index (κ2) is 5.65. The third-order valence-corrected chi connectivity index (χ3v) is 3.69. The van der Waals surface area contributed by atoms with Crippen molar-refractivity contribution in [2.75, 3.05) is 13.2 Å². The zero-order valence-electron chi connectivity index (χ0n) is 9.74. The summed E-state index contributed by atoms with van der Waals surface area (Å²) in [4.78, 5) is 11.8. The van der Waals surface area contributed by atoms with Crippen molar-refractivity contribution >= 4 is 21.9 Å². The maximum absolute atomic E-state index is 11.8. The summed E-state index contributed by atoms with van der Waals surface area (Å²) in [7, 11) is 0. The first-order valence-electron chi connectivity index (χ1n) is 5.71. The van der Waals surface area contributed by atoms with E-state index >= 15 is 0 Å². The Morgan fingerprint density at radius 1 is 1.59 bits per heavy atom. The molecular formula is C13H15BrO3. The number of hydrogen-bond donors (Lipinski definition) is 0. The lowest BCUT2D eigenvalue weighted by Gasteiger charge is -2.10. The van der Waals surface area contributed by atoms with Crippen LogP contribution in [0.1, 0.15) is 28.8 Å². The first kappa shape index (κ1) is 12.6. The fourth-order valence-electron chi connectivity index (χ4n) is 1.75. The third kappa shape index (κ3) is 3.30. The average Bonchev–Trinajstić information content (AvgIpc) is 2.82. The number of ether oxygens (including phenoxy) is 2. The summed E-state index contributed by atoms with van der Waals surface area (Å²) in [6.07, 6.45) is 2.11. The highest BCUT2D eigenvalue weighted by molar-refractivity contribution is 9.10. The van der Waals surface area contributed by atoms with E-state index in [1.165, 1.54) is 0 Å². The molecule has 3 nitrogen and oxygen atoms in total. The molecule has 0 saturated carbocycles. The van der Waals surface area contributed by atoms with E-state index in [0.717, 1.165) is 29.5 Å². The molecule has 1 saturated heterocycles. The highest BCUT2D eigenvalue weighted by Gasteiger charge is 2.18. The van der Waals surface area contributed by atoms with E-state index in [4.69, 9.17) is 9.47 Å². The van der Waals surface area contributed by atoms with Gasteiger partial charge in [0.1, 0.15) is 6.61 Å². The SMILES string of the molecule is Cc1ccc(C(=O)OCC2CCCO2)cc1Br. The van der Waals surface area contributed by atoms with E-state index in [0.29, 0.717) is 12.2 Å². The van der Waals surface area contributed by atoms with Crippen molar-refractivity contribution in [1.82, 2.24) is 0 Å². The van der Waals surface area contributed by atoms with Gasteiger partial charge < -0.3 is 9.47 Å². The molecule has 1 unspecified atom stereocenters. The van der Waals surface area contributed by atoms with Gasteiger partial charge in [-0.2, -0.15) is 0 Å². The van der Waals surface area contributed by atoms with Gasteiger partial charge in [-0.15, -0.1) is 0 Å². The number of halogens is 1. The van der Waals surface area contributed by atoms with E-state index in [1.807, 2.05) is 13.0 Å². The summed E-state index contributed by atoms with van der Waals surface area (Å²) < 4.78 is 11.5. The lowest BCUT2D eigenvalue weighted by Crippen LogP contribution is -2.17. The van der Waals surface area contributed by atoms with Crippen LogP contribution in [0.25, 0.3) is 0 Å². The number of rotatable bonds is 3. The Bertz CT molecular complexity index is 411. The van der Waals surface area contributed by atoms with Crippen molar-refractivity contribution in [3.05, 3.63) is 33.8 Å². The highest BCUT2D eigenvalue weighted by atomic mass is 79.9. The Morgan fingerprint density at radius 3 is 3.06 bits per heavy atom. The van der Waals surface area contributed by atoms with Crippen LogP contribution in [-0.2, 0) is 9.47 Å². The molecule has 0 aliphatic carbocycles. The number of aryl methyl sites for hydroxylation is 1. The molecule has 0 radical (unpaired) electrons. The molecule has 0 spiro atoms. The maximum Gasteiger partial charge on any atom is 0.338 e. The van der Waals surface area contributed by atoms with Crippen LogP contribution in [0, 0.1) is 6.92 Å². The van der Waals surface area contributed by atoms with Gasteiger partial charge in [-0.3, -0.25) is 0 Å². The molecule has 1 fully saturated rings. The fourth-order valence-corrected chi connectivity index (χ4v) is 2.13. The first-order chi connectivity index (χ1) is 8.16. The van der Waals surface area contributed by atoms with E-state index < -0.39 is 0 Å². The highest BCUT2D eigenvalue weighted by Crippen LogP contribution is 2.18. The minimum absolute atomic E-state index is 0.0767. The predicted molar refractivity (Wildman–Crippen MR) is 68.1 cm³/mol. The van der Waals surface area contributed by atoms with Gasteiger partial charge in [0.25, 0.3) is 0 Å². The van der Waals surface area contributed by atoms with Gasteiger partial charge in [0.15, 0.2) is 0 Å². The molecule has 0 aromatic heterocycles. The molecule has 0 N–H and O–H groups in total. The molecule has 17 heavy (non-hydrogen) atoms. The maximum atomic E-state index is 11.8. The van der Waals surface area contributed by atoms with Gasteiger partial charge in [-0.05, 0) is 37.5 Å². The molecule has 1 aliphatic rings. The van der Waals surface area contributed by atoms with Crippen LogP contribution >= 0.6 is 15.9 Å². The molecular weight excluding hydrogens is 284 g/mol. The average molecular weight is 299 g/mol. The summed E-state index contributed by atoms with van der Waals surface area (Å²) in [5.74, 6) is -0.291. The van der Waals surface area contributed by atoms with Crippen molar-refractivity contribution in [1.29, 1.82) is 0 Å². The molecule has 1 heterocycles. The summed E-state index contributed by atoms with van der Waals surface area (Å²) in [5, 5.41) is 0. The minimum Gasteiger partial charge on any atom is -0.459 e. The van der Waals surface area contributed by atoms with Crippen LogP contribution in [0.3, 0.4) is 0 Å². The van der Waals surface area contributed by atoms with Gasteiger partial charge in [0, 0.05) is 11.1 Å². The van der Waals surface area contributed by atoms with Crippen LogP contribution in [0.5, 0.6) is 0 Å². The number of esters is 1. The zero-order valence-corrected chi connectivity index (χ0v) is 11.3. The number of carbonyl (C=O) groups is 1. The summed E-state index contributed by atoms with van der Waals surface area (Å²) in [5.41, 5.74) is 1.67. The molecule has 92 valence electrons. The van der Waals surface area contributed by atoms with E-state index in [-0.39, 0.29) is 12.1 Å². The zero-order chi connectivity index (χ0) is 12.3. The van der Waals surface area contributed by atoms with Crippen molar-refractivity contribution in [3.63, 3.8) is 0 Å². The van der Waals surface area contributed by atoms with E-state index in [9.17, 15) is 4.79 Å². The quantitative estimate of drug-likeness (QED) is 0.805. The Hall–Kier alpha value is -0.870. The van der Waals surface area contributed by atoms with Crippen LogP contribution in [0.2, 0.25) is 0 Å². The molecule has 1 aromatic rings. The molecule has 0 bridgehead atoms. The smallest absolute Gasteiger partial charge is 0.338 e. The normalized spacial score (nSPS) is 19.3. The monoisotopic (exact) mass is 298 g/mol. The van der Waals surface area contributed by atoms with Crippen molar-refractivity contribution in [2.45, 2.75) is 25.9 Å². The number of hydrogen-bond acceptors (Lipinski definition) is 3. The van der Waals surface area contributed by atoms with Crippen LogP contribution in [-0.4, -0.2) is 25.3 Å². The van der Waals surface area contributed by atoms with Crippen LogP contribution in [0.4, 0.5) is 0 Å². The summed E-state index contributed by atoms with van der Waals surface area (Å²) >= 11 is 3.40. The molecule has 1 aliphatic heterocycles. The molecule has 1 aromatic carbocycles. The van der Waals surface area contributed by atoms with Gasteiger partial charge in [-0.1, -0.05) is 22.0 Å². The van der Waals surface area contributed by atoms with Gasteiger partial charge in [0.05, 0.1) is 11.7 Å². The number of carbonyl (C=O) groups excluding carboxylic acids is 1. The van der Waals surface area contributed by atoms with Crippen LogP contribution < -0.4 is 0 Å². The fraction of sp³-hybridized carbons (Fsp3) is 0.462. The Kier molecular flexibility index (Phi) is 4.18. The minimum atomic E-state index is -0.291. The standard InChI is InChI=1S/C13H15BrO3/c1-9-4-5-10(7-12(9)14)13(15)17-8-11-3-2-6-16-11/h4-5,7,11H,2-3,6,8H2,1H3. The van der Waals surface area contributed by atoms with Crippen molar-refractivity contribution in [2.24, 2.45) is 0 Å². The molecule has 1 atom stereocenters. The Labute approximate surface area is 109 Å². The van der Waals surface area contributed by atoms with E-state index in [1.54, 1.807) is 12.1 Å². The summed E-state index contributed by atoms with van der Waals surface area (Å²) in [6.45, 7) is 3.11. The van der Waals surface area contributed by atoms with Gasteiger partial charge in [-0.25, -0.2) is 4.79 Å². The first-order valence-corrected chi connectivity index (χ1v) is 6.51.